The highest BCUT2D eigenvalue weighted by molar-refractivity contribution is 9.10. The number of nitrogens with one attached hydrogen (secondary N) is 1. The molecular weight excluding hydrogens is 336 g/mol. The fourth-order valence-corrected chi connectivity index (χ4v) is 2.83. The maximum absolute atomic E-state index is 12.1. The number of benzene rings is 1. The molecule has 1 aromatic rings. The summed E-state index contributed by atoms with van der Waals surface area (Å²) in [6, 6.07) is 5.31. The van der Waals surface area contributed by atoms with Crippen molar-refractivity contribution < 1.29 is 9.90 Å². The summed E-state index contributed by atoms with van der Waals surface area (Å²) in [4.78, 5) is 16.4. The van der Waals surface area contributed by atoms with Gasteiger partial charge in [0.15, 0.2) is 0 Å². The van der Waals surface area contributed by atoms with Crippen molar-refractivity contribution >= 4 is 33.2 Å². The van der Waals surface area contributed by atoms with Gasteiger partial charge in [-0.3, -0.25) is 14.6 Å². The van der Waals surface area contributed by atoms with Crippen LogP contribution in [-0.2, 0) is 4.79 Å². The average Bonchev–Trinajstić information content (AvgIpc) is 2.44. The number of nitrogens with zero attached hydrogens (tertiary/aromatic N) is 2. The molecule has 116 valence electrons. The predicted octanol–water partition coefficient (Wildman–Crippen LogP) is 0.580. The van der Waals surface area contributed by atoms with E-state index in [0.29, 0.717) is 18.8 Å². The van der Waals surface area contributed by atoms with E-state index in [1.165, 1.54) is 0 Å². The molecule has 7 heteroatoms. The molecule has 0 radical (unpaired) electrons. The highest BCUT2D eigenvalue weighted by Crippen LogP contribution is 2.24. The van der Waals surface area contributed by atoms with Crippen molar-refractivity contribution in [2.45, 2.75) is 0 Å². The second-order valence-electron chi connectivity index (χ2n) is 5.13. The van der Waals surface area contributed by atoms with Gasteiger partial charge in [0, 0.05) is 42.9 Å². The second kappa shape index (κ2) is 7.74. The molecule has 0 atom stereocenters. The number of anilines is 2. The van der Waals surface area contributed by atoms with Crippen LogP contribution in [0.3, 0.4) is 0 Å². The van der Waals surface area contributed by atoms with Crippen molar-refractivity contribution in [1.29, 1.82) is 0 Å². The molecule has 2 rings (SSSR count). The molecule has 0 saturated carbocycles. The summed E-state index contributed by atoms with van der Waals surface area (Å²) in [5, 5.41) is 11.8. The lowest BCUT2D eigenvalue weighted by molar-refractivity contribution is -0.117. The van der Waals surface area contributed by atoms with E-state index >= 15 is 0 Å². The molecule has 0 bridgehead atoms. The van der Waals surface area contributed by atoms with Crippen molar-refractivity contribution in [3.63, 3.8) is 0 Å². The van der Waals surface area contributed by atoms with Crippen LogP contribution in [-0.4, -0.2) is 66.7 Å². The lowest BCUT2D eigenvalue weighted by Gasteiger charge is -2.33. The van der Waals surface area contributed by atoms with Gasteiger partial charge in [0.05, 0.1) is 18.8 Å². The summed E-state index contributed by atoms with van der Waals surface area (Å²) in [7, 11) is 0. The Morgan fingerprint density at radius 2 is 1.95 bits per heavy atom. The standard InChI is InChI=1S/C14H21BrN4O2/c15-12-9-11(16)1-2-13(12)17-14(21)10-19-5-3-18(4-6-19)7-8-20/h1-2,9,20H,3-8,10,16H2,(H,17,21). The van der Waals surface area contributed by atoms with Gasteiger partial charge in [-0.2, -0.15) is 0 Å². The number of carbonyl (C=O) groups is 1. The van der Waals surface area contributed by atoms with Crippen molar-refractivity contribution in [2.75, 3.05) is 56.9 Å². The van der Waals surface area contributed by atoms with E-state index in [4.69, 9.17) is 10.8 Å². The predicted molar refractivity (Wildman–Crippen MR) is 87.1 cm³/mol. The van der Waals surface area contributed by atoms with E-state index in [-0.39, 0.29) is 12.5 Å². The lowest BCUT2D eigenvalue weighted by Crippen LogP contribution is -2.49. The van der Waals surface area contributed by atoms with Crippen LogP contribution in [0.2, 0.25) is 0 Å². The zero-order valence-corrected chi connectivity index (χ0v) is 13.5. The molecule has 1 amide bonds. The summed E-state index contributed by atoms with van der Waals surface area (Å²) in [6.07, 6.45) is 0. The molecule has 1 aliphatic rings. The topological polar surface area (TPSA) is 81.8 Å². The Bertz CT molecular complexity index is 490. The van der Waals surface area contributed by atoms with Crippen LogP contribution in [0, 0.1) is 0 Å². The number of β-amino-alcohol motifs (C(OH)–C–C–N with tert-alkyl or cyclic N) is 1. The van der Waals surface area contributed by atoms with Crippen LogP contribution in [0.1, 0.15) is 0 Å². The lowest BCUT2D eigenvalue weighted by atomic mass is 10.2. The zero-order valence-electron chi connectivity index (χ0n) is 11.9. The zero-order chi connectivity index (χ0) is 15.2. The number of aliphatic hydroxyl groups is 1. The highest BCUT2D eigenvalue weighted by atomic mass is 79.9. The van der Waals surface area contributed by atoms with E-state index in [1.54, 1.807) is 18.2 Å². The molecule has 0 aromatic heterocycles. The fourth-order valence-electron chi connectivity index (χ4n) is 2.34. The molecule has 1 aromatic carbocycles. The summed E-state index contributed by atoms with van der Waals surface area (Å²) in [6.45, 7) is 4.74. The minimum absolute atomic E-state index is 0.0314. The van der Waals surface area contributed by atoms with Crippen molar-refractivity contribution in [3.05, 3.63) is 22.7 Å². The van der Waals surface area contributed by atoms with Crippen LogP contribution >= 0.6 is 15.9 Å². The molecule has 0 aliphatic carbocycles. The molecule has 1 aliphatic heterocycles. The number of nitrogens with two attached hydrogens (primary N) is 1. The smallest absolute Gasteiger partial charge is 0.238 e. The number of hydrogen-bond acceptors (Lipinski definition) is 5. The summed E-state index contributed by atoms with van der Waals surface area (Å²) >= 11 is 3.39. The van der Waals surface area contributed by atoms with Gasteiger partial charge in [-0.15, -0.1) is 0 Å². The molecule has 0 spiro atoms. The summed E-state index contributed by atoms with van der Waals surface area (Å²) < 4.78 is 0.781. The molecule has 21 heavy (non-hydrogen) atoms. The number of carbonyl (C=O) groups excluding carboxylic acids is 1. The quantitative estimate of drug-likeness (QED) is 0.672. The monoisotopic (exact) mass is 356 g/mol. The third-order valence-electron chi connectivity index (χ3n) is 3.52. The van der Waals surface area contributed by atoms with Crippen LogP contribution in [0.15, 0.2) is 22.7 Å². The number of hydrogen-bond donors (Lipinski definition) is 3. The van der Waals surface area contributed by atoms with Crippen LogP contribution in [0.25, 0.3) is 0 Å². The number of nitrogen functional groups attached to an aromatic ring is 1. The maximum atomic E-state index is 12.1. The van der Waals surface area contributed by atoms with Gasteiger partial charge in [-0.05, 0) is 34.1 Å². The van der Waals surface area contributed by atoms with E-state index in [2.05, 4.69) is 31.0 Å². The third-order valence-corrected chi connectivity index (χ3v) is 4.17. The number of piperazine rings is 1. The first-order valence-corrected chi connectivity index (χ1v) is 7.78. The molecular formula is C14H21BrN4O2. The molecule has 6 nitrogen and oxygen atoms in total. The normalized spacial score (nSPS) is 16.9. The van der Waals surface area contributed by atoms with Gasteiger partial charge in [-0.25, -0.2) is 0 Å². The van der Waals surface area contributed by atoms with E-state index in [1.807, 2.05) is 0 Å². The minimum atomic E-state index is -0.0314. The van der Waals surface area contributed by atoms with Gasteiger partial charge < -0.3 is 16.2 Å². The third kappa shape index (κ3) is 4.96. The first-order chi connectivity index (χ1) is 10.1. The first kappa shape index (κ1) is 16.2. The van der Waals surface area contributed by atoms with Crippen molar-refractivity contribution in [3.8, 4) is 0 Å². The average molecular weight is 357 g/mol. The van der Waals surface area contributed by atoms with Crippen LogP contribution in [0.5, 0.6) is 0 Å². The summed E-state index contributed by atoms with van der Waals surface area (Å²) in [5.74, 6) is -0.0314. The van der Waals surface area contributed by atoms with E-state index < -0.39 is 0 Å². The number of amides is 1. The number of aliphatic hydroxyl groups excluding tert-OH is 1. The highest BCUT2D eigenvalue weighted by Gasteiger charge is 2.18. The molecule has 4 N–H and O–H groups in total. The Balaban J connectivity index is 1.80. The maximum Gasteiger partial charge on any atom is 0.238 e. The Morgan fingerprint density at radius 3 is 2.57 bits per heavy atom. The van der Waals surface area contributed by atoms with Crippen molar-refractivity contribution in [2.24, 2.45) is 0 Å². The fraction of sp³-hybridized carbons (Fsp3) is 0.500. The number of halogens is 1. The van der Waals surface area contributed by atoms with Crippen molar-refractivity contribution in [1.82, 2.24) is 9.80 Å². The molecule has 1 heterocycles. The van der Waals surface area contributed by atoms with Gasteiger partial charge in [0.2, 0.25) is 5.91 Å². The van der Waals surface area contributed by atoms with Crippen LogP contribution < -0.4 is 11.1 Å². The SMILES string of the molecule is Nc1ccc(NC(=O)CN2CCN(CCO)CC2)c(Br)c1. The summed E-state index contributed by atoms with van der Waals surface area (Å²) in [5.41, 5.74) is 7.05. The molecule has 1 fully saturated rings. The first-order valence-electron chi connectivity index (χ1n) is 6.99. The van der Waals surface area contributed by atoms with E-state index in [0.717, 1.165) is 36.3 Å². The van der Waals surface area contributed by atoms with Gasteiger partial charge in [0.25, 0.3) is 0 Å². The van der Waals surface area contributed by atoms with Crippen LogP contribution in [0.4, 0.5) is 11.4 Å². The largest absolute Gasteiger partial charge is 0.399 e. The Kier molecular flexibility index (Phi) is 5.98. The molecule has 1 saturated heterocycles. The number of rotatable bonds is 5. The van der Waals surface area contributed by atoms with E-state index in [9.17, 15) is 4.79 Å². The Morgan fingerprint density at radius 1 is 1.29 bits per heavy atom. The van der Waals surface area contributed by atoms with Gasteiger partial charge >= 0.3 is 0 Å². The second-order valence-corrected chi connectivity index (χ2v) is 5.98. The Hall–Kier alpha value is -1.15. The molecule has 0 unspecified atom stereocenters. The Labute approximate surface area is 133 Å². The van der Waals surface area contributed by atoms with Gasteiger partial charge in [0.1, 0.15) is 0 Å². The van der Waals surface area contributed by atoms with Gasteiger partial charge in [-0.1, -0.05) is 0 Å². The minimum Gasteiger partial charge on any atom is -0.399 e.